The Morgan fingerprint density at radius 2 is 0.613 bits per heavy atom. The third-order valence-corrected chi connectivity index (χ3v) is 23.7. The lowest BCUT2D eigenvalue weighted by Gasteiger charge is -2.23. The summed E-state index contributed by atoms with van der Waals surface area (Å²) in [6.07, 6.45) is -1.31. The van der Waals surface area contributed by atoms with Gasteiger partial charge in [-0.3, -0.25) is 9.59 Å². The minimum atomic E-state index is -1.12. The summed E-state index contributed by atoms with van der Waals surface area (Å²) in [5.41, 5.74) is 13.5. The number of hydrogen-bond donors (Lipinski definition) is 10. The third kappa shape index (κ3) is 34.1. The van der Waals surface area contributed by atoms with Gasteiger partial charge in [0.25, 0.3) is 0 Å². The fourth-order valence-corrected chi connectivity index (χ4v) is 14.9. The fraction of sp³-hybridized carbons (Fsp3) is 0.353. The lowest BCUT2D eigenvalue weighted by molar-refractivity contribution is 0.0491. The highest BCUT2D eigenvalue weighted by molar-refractivity contribution is 5.97. The second-order valence-corrected chi connectivity index (χ2v) is 36.3. The Balaban J connectivity index is 0.000000225. The van der Waals surface area contributed by atoms with Gasteiger partial charge >= 0.3 is 5.97 Å². The Bertz CT molecular complexity index is 5590. The van der Waals surface area contributed by atoms with E-state index in [1.54, 1.807) is 162 Å². The van der Waals surface area contributed by atoms with Crippen molar-refractivity contribution in [1.29, 1.82) is 0 Å². The average Bonchev–Trinajstić information content (AvgIpc) is 0.776. The summed E-state index contributed by atoms with van der Waals surface area (Å²) in [7, 11) is 7.92. The first-order chi connectivity index (χ1) is 65.3. The number of hydrogen-bond acceptors (Lipinski definition) is 21. The smallest absolute Gasteiger partial charge is 0.338 e. The van der Waals surface area contributed by atoms with Crippen LogP contribution < -0.4 is 33.5 Å². The van der Waals surface area contributed by atoms with Gasteiger partial charge in [-0.25, -0.2) is 4.79 Å². The number of phenols is 3. The molecular formula is C116H144N2O19. The molecule has 7 atom stereocenters. The van der Waals surface area contributed by atoms with Crippen molar-refractivity contribution in [1.82, 2.24) is 0 Å². The first-order valence-corrected chi connectivity index (χ1v) is 46.8. The molecule has 0 aliphatic carbocycles. The second-order valence-electron chi connectivity index (χ2n) is 36.3. The van der Waals surface area contributed by atoms with E-state index in [-0.39, 0.29) is 64.3 Å². The number of ketones is 2. The topological polar surface area (TPSA) is 315 Å². The molecule has 7 unspecified atom stereocenters. The summed E-state index contributed by atoms with van der Waals surface area (Å²) < 4.78 is 30.8. The number of aromatic hydroxyl groups is 3. The number of Topliss-reactive ketones (excluding diaryl/α,β-unsaturated/α-hetero) is 2. The molecular weight excluding hydrogens is 1730 g/mol. The number of anilines is 2. The van der Waals surface area contributed by atoms with E-state index in [2.05, 4.69) is 92.9 Å². The van der Waals surface area contributed by atoms with Gasteiger partial charge in [-0.1, -0.05) is 258 Å². The first-order valence-electron chi connectivity index (χ1n) is 46.8. The Morgan fingerprint density at radius 3 is 0.971 bits per heavy atom. The maximum Gasteiger partial charge on any atom is 0.338 e. The molecule has 0 aliphatic heterocycles. The van der Waals surface area contributed by atoms with E-state index in [1.165, 1.54) is 29.9 Å². The number of unbranched alkanes of at least 4 members (excludes halogenated alkanes) is 3. The highest BCUT2D eigenvalue weighted by Crippen LogP contribution is 2.39. The van der Waals surface area contributed by atoms with Gasteiger partial charge < -0.3 is 89.3 Å². The van der Waals surface area contributed by atoms with Crippen LogP contribution in [0.2, 0.25) is 0 Å². The molecule has 12 aromatic rings. The van der Waals surface area contributed by atoms with Gasteiger partial charge in [0, 0.05) is 103 Å². The number of esters is 1. The van der Waals surface area contributed by atoms with Crippen molar-refractivity contribution >= 4 is 28.9 Å². The van der Waals surface area contributed by atoms with Crippen LogP contribution in [0, 0.1) is 0 Å². The Morgan fingerprint density at radius 1 is 0.307 bits per heavy atom. The average molecular weight is 1870 g/mol. The molecule has 732 valence electrons. The van der Waals surface area contributed by atoms with Gasteiger partial charge in [0.05, 0.1) is 72.1 Å². The van der Waals surface area contributed by atoms with Crippen LogP contribution in [0.5, 0.6) is 46.0 Å². The Hall–Kier alpha value is -12.8. The molecule has 10 N–H and O–H groups in total. The van der Waals surface area contributed by atoms with Gasteiger partial charge in [0.1, 0.15) is 64.3 Å². The lowest BCUT2D eigenvalue weighted by Crippen LogP contribution is -2.21. The number of benzene rings is 12. The molecule has 0 spiro atoms. The minimum Gasteiger partial charge on any atom is -0.507 e. The summed E-state index contributed by atoms with van der Waals surface area (Å²) in [6.45, 7) is 33.4. The van der Waals surface area contributed by atoms with Crippen molar-refractivity contribution in [3.05, 3.63) is 368 Å². The Labute approximate surface area is 811 Å². The van der Waals surface area contributed by atoms with Crippen molar-refractivity contribution < 1.29 is 93.9 Å². The number of carbonyl (C=O) groups excluding carboxylic acids is 3. The number of ether oxygens (including phenoxy) is 6. The van der Waals surface area contributed by atoms with Gasteiger partial charge in [0.15, 0.2) is 11.6 Å². The number of rotatable bonds is 35. The van der Waals surface area contributed by atoms with Crippen molar-refractivity contribution in [2.75, 3.05) is 78.1 Å². The molecule has 12 aromatic carbocycles. The third-order valence-electron chi connectivity index (χ3n) is 23.7. The van der Waals surface area contributed by atoms with E-state index >= 15 is 0 Å². The van der Waals surface area contributed by atoms with E-state index in [4.69, 9.17) is 28.4 Å². The molecule has 0 fully saturated rings. The SMILES string of the molecule is CCCCCCOC(=O)c1ccccc1C(O)c1ccc(N(CC)CC)cc1O.CCN(CC)c1ccc(C(O)c2ccc(OC)cc2)c(O)c1.COc1ccc(C(=O)CC(O)c2ccc(C(C)(C)C)cc2)cc1.COc1ccc(C(O)CC(=O)c2ccc(C(C)(C)C)cc2)cc1.COc1ccc(C(O)CC(O)c2ccc(C(C)(C)C)cc2)cc1.COc1ccc(C(O)c2ccccc2)c(O)c1. The number of nitrogens with zero attached hydrogens (tertiary/aromatic N) is 2. The summed E-state index contributed by atoms with van der Waals surface area (Å²) >= 11 is 0. The normalized spacial score (nSPS) is 12.6. The number of phenolic OH excluding ortho intramolecular Hbond substituents is 3. The quantitative estimate of drug-likeness (QED) is 0.0100. The number of methoxy groups -OCH3 is 5. The molecule has 0 saturated carbocycles. The van der Waals surface area contributed by atoms with Gasteiger partial charge in [-0.2, -0.15) is 0 Å². The number of carbonyl (C=O) groups is 3. The molecule has 0 saturated heterocycles. The lowest BCUT2D eigenvalue weighted by atomic mass is 9.86. The fourth-order valence-electron chi connectivity index (χ4n) is 14.9. The predicted octanol–water partition coefficient (Wildman–Crippen LogP) is 23.6. The zero-order valence-corrected chi connectivity index (χ0v) is 83.1. The van der Waals surface area contributed by atoms with E-state index in [1.807, 2.05) is 153 Å². The first kappa shape index (κ1) is 111. The largest absolute Gasteiger partial charge is 0.507 e. The van der Waals surface area contributed by atoms with E-state index in [0.717, 1.165) is 103 Å². The van der Waals surface area contributed by atoms with Crippen LogP contribution in [0.25, 0.3) is 0 Å². The summed E-state index contributed by atoms with van der Waals surface area (Å²) in [5.74, 6) is 3.02. The molecule has 0 radical (unpaired) electrons. The van der Waals surface area contributed by atoms with E-state index in [9.17, 15) is 65.4 Å². The summed E-state index contributed by atoms with van der Waals surface area (Å²) in [6, 6.07) is 83.4. The molecule has 137 heavy (non-hydrogen) atoms. The molecule has 0 heterocycles. The molecule has 0 bridgehead atoms. The summed E-state index contributed by atoms with van der Waals surface area (Å²) in [5, 5.41) is 103. The zero-order chi connectivity index (χ0) is 101. The van der Waals surface area contributed by atoms with Gasteiger partial charge in [-0.05, 0) is 197 Å². The van der Waals surface area contributed by atoms with Crippen molar-refractivity contribution in [2.45, 2.75) is 201 Å². The molecule has 0 amide bonds. The number of aliphatic hydroxyl groups excluding tert-OH is 7. The molecule has 21 heteroatoms. The van der Waals surface area contributed by atoms with E-state index in [0.29, 0.717) is 68.2 Å². The van der Waals surface area contributed by atoms with Gasteiger partial charge in [0.2, 0.25) is 0 Å². The van der Waals surface area contributed by atoms with Crippen LogP contribution in [0.1, 0.15) is 288 Å². The van der Waals surface area contributed by atoms with Crippen LogP contribution in [-0.2, 0) is 21.0 Å². The minimum absolute atomic E-state index is 0.00429. The van der Waals surface area contributed by atoms with Crippen LogP contribution in [0.4, 0.5) is 11.4 Å². The van der Waals surface area contributed by atoms with Crippen LogP contribution in [0.3, 0.4) is 0 Å². The predicted molar refractivity (Wildman–Crippen MR) is 547 cm³/mol. The van der Waals surface area contributed by atoms with Crippen molar-refractivity contribution in [2.24, 2.45) is 0 Å². The molecule has 0 aliphatic rings. The molecule has 21 nitrogen and oxygen atoms in total. The molecule has 12 rings (SSSR count). The van der Waals surface area contributed by atoms with Crippen LogP contribution in [-0.4, -0.2) is 137 Å². The van der Waals surface area contributed by atoms with Crippen molar-refractivity contribution in [3.8, 4) is 46.0 Å². The summed E-state index contributed by atoms with van der Waals surface area (Å²) in [4.78, 5) is 41.4. The van der Waals surface area contributed by atoms with Crippen LogP contribution in [0.15, 0.2) is 279 Å². The second kappa shape index (κ2) is 54.8. The Kier molecular flexibility index (Phi) is 44.5. The zero-order valence-electron chi connectivity index (χ0n) is 83.1. The monoisotopic (exact) mass is 1870 g/mol. The van der Waals surface area contributed by atoms with Crippen molar-refractivity contribution in [3.63, 3.8) is 0 Å². The number of aliphatic hydroxyl groups is 7. The molecule has 0 aromatic heterocycles. The highest BCUT2D eigenvalue weighted by atomic mass is 16.5. The highest BCUT2D eigenvalue weighted by Gasteiger charge is 2.27. The van der Waals surface area contributed by atoms with Crippen LogP contribution >= 0.6 is 0 Å². The maximum absolute atomic E-state index is 12.5. The van der Waals surface area contributed by atoms with Gasteiger partial charge in [-0.15, -0.1) is 0 Å². The standard InChI is InChI=1S/C24H33NO4.C20H26O3.2C20H24O3.C18H23NO3.C14H14O3/c1-4-7-8-11-16-29-24(28)20-13-10-9-12-19(20)23(27)21-15-14-18(17-22(21)26)25(5-2)6-3;3*1-20(2,3)16-9-5-14(6-10-16)18(21)13-19(22)15-7-11-17(23-4)12-8-15;1-4-19(5-2)14-8-11-16(17(20)12-14)18(21)13-6-9-15(22-3)10-7-13;1-17-11-7-8-12(13(15)9-11)14(16)10-5-3-2-4-6-10/h9-10,12-15,17,23,26-27H,4-8,11,16H2,1-3H3;5-12,18-19,21-22H,13H2,1-4H3;5-12,19,22H,13H2,1-4H3;5-12,18,21H,13H2,1-4H3;6-12,18,20-21H,4-5H2,1-3H3;2-9,14-16H,1H3. The van der Waals surface area contributed by atoms with E-state index < -0.39 is 48.7 Å². The maximum atomic E-state index is 12.5.